The van der Waals surface area contributed by atoms with E-state index in [4.69, 9.17) is 4.74 Å². The van der Waals surface area contributed by atoms with Gasteiger partial charge in [-0.1, -0.05) is 13.0 Å². The molecule has 0 aliphatic heterocycles. The predicted octanol–water partition coefficient (Wildman–Crippen LogP) is 4.44. The van der Waals surface area contributed by atoms with E-state index < -0.39 is 5.91 Å². The lowest BCUT2D eigenvalue weighted by Crippen LogP contribution is -2.42. The third-order valence-electron chi connectivity index (χ3n) is 7.77. The van der Waals surface area contributed by atoms with Crippen LogP contribution in [0.1, 0.15) is 63.0 Å². The number of carbonyl (C=O) groups excluding carboxylic acids is 2. The van der Waals surface area contributed by atoms with Crippen molar-refractivity contribution in [3.63, 3.8) is 0 Å². The summed E-state index contributed by atoms with van der Waals surface area (Å²) in [4.78, 5) is 31.9. The highest BCUT2D eigenvalue weighted by Gasteiger charge is 2.54. The Morgan fingerprint density at radius 2 is 1.97 bits per heavy atom. The lowest BCUT2D eigenvalue weighted by molar-refractivity contribution is -0.129. The molecule has 0 spiro atoms. The van der Waals surface area contributed by atoms with Gasteiger partial charge in [0, 0.05) is 18.8 Å². The molecular formula is C24H27N3O4. The van der Waals surface area contributed by atoms with E-state index in [0.717, 1.165) is 38.5 Å². The molecule has 31 heavy (non-hydrogen) atoms. The summed E-state index contributed by atoms with van der Waals surface area (Å²) in [6, 6.07) is 6.36. The molecule has 2 fully saturated rings. The Hall–Kier alpha value is -2.80. The van der Waals surface area contributed by atoms with E-state index in [2.05, 4.69) is 29.0 Å². The van der Waals surface area contributed by atoms with Gasteiger partial charge in [0.25, 0.3) is 0 Å². The van der Waals surface area contributed by atoms with Crippen molar-refractivity contribution in [3.8, 4) is 11.8 Å². The maximum absolute atomic E-state index is 12.5. The van der Waals surface area contributed by atoms with Crippen molar-refractivity contribution >= 4 is 17.4 Å². The molecule has 3 aliphatic carbocycles. The summed E-state index contributed by atoms with van der Waals surface area (Å²) in [6.45, 7) is 3.45. The summed E-state index contributed by atoms with van der Waals surface area (Å²) in [5, 5.41) is 10.1. The number of ketones is 1. The first kappa shape index (κ1) is 20.1. The topological polar surface area (TPSA) is 92.6 Å². The second-order valence-electron chi connectivity index (χ2n) is 9.35. The standard InChI is InChI=1S/C24H27N3O4/c1-14(28)27(30)16-12-25-23(26-13-16)31-17-4-6-18-15(11-17)3-5-20-19(18)9-10-24(2)21(20)7-8-22(24)29/h4,6,11-13,19-21,30H,3,5,7-10H2,1-2H3/t19-,20?,21+,24+/m1/s1. The van der Waals surface area contributed by atoms with Crippen LogP contribution >= 0.6 is 0 Å². The fourth-order valence-electron chi connectivity index (χ4n) is 6.15. The number of anilines is 1. The van der Waals surface area contributed by atoms with Gasteiger partial charge in [-0.3, -0.25) is 14.8 Å². The summed E-state index contributed by atoms with van der Waals surface area (Å²) < 4.78 is 5.82. The van der Waals surface area contributed by atoms with Gasteiger partial charge in [0.1, 0.15) is 17.2 Å². The monoisotopic (exact) mass is 421 g/mol. The zero-order chi connectivity index (χ0) is 21.8. The number of ether oxygens (including phenoxy) is 1. The molecule has 1 heterocycles. The molecule has 1 aromatic carbocycles. The normalized spacial score (nSPS) is 29.0. The van der Waals surface area contributed by atoms with E-state index in [1.807, 2.05) is 6.07 Å². The molecule has 7 nitrogen and oxygen atoms in total. The first-order valence-electron chi connectivity index (χ1n) is 11.0. The molecule has 0 radical (unpaired) electrons. The maximum atomic E-state index is 12.5. The lowest BCUT2D eigenvalue weighted by Gasteiger charge is -2.48. The highest BCUT2D eigenvalue weighted by atomic mass is 16.5. The molecule has 0 saturated heterocycles. The summed E-state index contributed by atoms with van der Waals surface area (Å²) in [6.07, 6.45) is 8.68. The average molecular weight is 421 g/mol. The number of hydrogen-bond donors (Lipinski definition) is 1. The van der Waals surface area contributed by atoms with Crippen LogP contribution in [0.15, 0.2) is 30.6 Å². The van der Waals surface area contributed by atoms with Crippen LogP contribution in [0.25, 0.3) is 0 Å². The van der Waals surface area contributed by atoms with Crippen LogP contribution < -0.4 is 9.80 Å². The molecule has 1 amide bonds. The van der Waals surface area contributed by atoms with Gasteiger partial charge in [-0.15, -0.1) is 0 Å². The Morgan fingerprint density at radius 3 is 2.71 bits per heavy atom. The van der Waals surface area contributed by atoms with Gasteiger partial charge in [0.05, 0.1) is 12.4 Å². The van der Waals surface area contributed by atoms with Crippen molar-refractivity contribution in [2.45, 2.75) is 58.3 Å². The van der Waals surface area contributed by atoms with Crippen molar-refractivity contribution in [2.24, 2.45) is 17.3 Å². The van der Waals surface area contributed by atoms with Crippen molar-refractivity contribution in [2.75, 3.05) is 5.06 Å². The number of Topliss-reactive ketones (excluding diaryl/α,β-unsaturated/α-hetero) is 1. The SMILES string of the molecule is CC(=O)N(O)c1cnc(Oc2ccc3c(c2)CCC2[C@@H]3CC[C@]3(C)C(=O)CC[C@@H]23)nc1. The number of nitrogens with zero attached hydrogens (tertiary/aromatic N) is 3. The third-order valence-corrected chi connectivity index (χ3v) is 7.77. The van der Waals surface area contributed by atoms with Gasteiger partial charge in [-0.05, 0) is 73.1 Å². The van der Waals surface area contributed by atoms with Gasteiger partial charge in [0.2, 0.25) is 5.91 Å². The quantitative estimate of drug-likeness (QED) is 0.582. The minimum atomic E-state index is -0.518. The van der Waals surface area contributed by atoms with E-state index in [-0.39, 0.29) is 17.1 Å². The molecule has 3 aliphatic rings. The third kappa shape index (κ3) is 3.31. The summed E-state index contributed by atoms with van der Waals surface area (Å²) >= 11 is 0. The molecule has 5 rings (SSSR count). The highest BCUT2D eigenvalue weighted by molar-refractivity contribution is 5.88. The fraction of sp³-hybridized carbons (Fsp3) is 0.500. The van der Waals surface area contributed by atoms with Crippen molar-refractivity contribution in [1.29, 1.82) is 0 Å². The largest absolute Gasteiger partial charge is 0.424 e. The van der Waals surface area contributed by atoms with E-state index >= 15 is 0 Å². The number of rotatable bonds is 3. The molecule has 162 valence electrons. The fourth-order valence-corrected chi connectivity index (χ4v) is 6.15. The van der Waals surface area contributed by atoms with Crippen LogP contribution in [0.2, 0.25) is 0 Å². The van der Waals surface area contributed by atoms with Gasteiger partial charge in [-0.25, -0.2) is 9.97 Å². The Labute approximate surface area is 181 Å². The average Bonchev–Trinajstić information content (AvgIpc) is 3.08. The number of hydrogen-bond acceptors (Lipinski definition) is 6. The van der Waals surface area contributed by atoms with Gasteiger partial charge in [0.15, 0.2) is 0 Å². The molecule has 2 saturated carbocycles. The molecule has 1 aromatic heterocycles. The molecule has 7 heteroatoms. The number of amides is 1. The van der Waals surface area contributed by atoms with Crippen LogP contribution in [-0.2, 0) is 16.0 Å². The Balaban J connectivity index is 1.33. The lowest BCUT2D eigenvalue weighted by atomic mass is 9.55. The smallest absolute Gasteiger partial charge is 0.322 e. The van der Waals surface area contributed by atoms with Gasteiger partial charge >= 0.3 is 6.01 Å². The number of fused-ring (bicyclic) bond motifs is 5. The Bertz CT molecular complexity index is 1040. The number of hydroxylamine groups is 1. The zero-order valence-electron chi connectivity index (χ0n) is 17.9. The minimum absolute atomic E-state index is 0.0994. The molecule has 0 bridgehead atoms. The number of benzene rings is 1. The Kier molecular flexibility index (Phi) is 4.81. The van der Waals surface area contributed by atoms with Crippen LogP contribution in [-0.4, -0.2) is 26.9 Å². The first-order chi connectivity index (χ1) is 14.9. The van der Waals surface area contributed by atoms with Crippen molar-refractivity contribution in [1.82, 2.24) is 9.97 Å². The van der Waals surface area contributed by atoms with E-state index in [1.165, 1.54) is 30.4 Å². The summed E-state index contributed by atoms with van der Waals surface area (Å²) in [5.41, 5.74) is 2.80. The van der Waals surface area contributed by atoms with E-state index in [9.17, 15) is 14.8 Å². The number of aromatic nitrogens is 2. The Morgan fingerprint density at radius 1 is 1.19 bits per heavy atom. The van der Waals surface area contributed by atoms with E-state index in [0.29, 0.717) is 34.3 Å². The first-order valence-corrected chi connectivity index (χ1v) is 11.0. The van der Waals surface area contributed by atoms with Gasteiger partial charge < -0.3 is 4.74 Å². The van der Waals surface area contributed by atoms with Gasteiger partial charge in [-0.2, -0.15) is 5.06 Å². The highest BCUT2D eigenvalue weighted by Crippen LogP contribution is 2.59. The van der Waals surface area contributed by atoms with Crippen LogP contribution in [0.4, 0.5) is 5.69 Å². The van der Waals surface area contributed by atoms with E-state index in [1.54, 1.807) is 0 Å². The number of aryl methyl sites for hydroxylation is 1. The molecule has 1 unspecified atom stereocenters. The molecule has 1 N–H and O–H groups in total. The molecular weight excluding hydrogens is 394 g/mol. The number of carbonyl (C=O) groups is 2. The van der Waals surface area contributed by atoms with Crippen molar-refractivity contribution in [3.05, 3.63) is 41.7 Å². The summed E-state index contributed by atoms with van der Waals surface area (Å²) in [7, 11) is 0. The van der Waals surface area contributed by atoms with Crippen LogP contribution in [0.5, 0.6) is 11.8 Å². The maximum Gasteiger partial charge on any atom is 0.322 e. The second kappa shape index (κ2) is 7.41. The second-order valence-corrected chi connectivity index (χ2v) is 9.35. The van der Waals surface area contributed by atoms with Crippen LogP contribution in [0, 0.1) is 17.3 Å². The van der Waals surface area contributed by atoms with Crippen molar-refractivity contribution < 1.29 is 19.5 Å². The minimum Gasteiger partial charge on any atom is -0.424 e. The molecule has 4 atom stereocenters. The molecule has 2 aromatic rings. The predicted molar refractivity (Wildman–Crippen MR) is 113 cm³/mol. The zero-order valence-corrected chi connectivity index (χ0v) is 17.9. The summed E-state index contributed by atoms with van der Waals surface area (Å²) in [5.74, 6) is 2.28. The van der Waals surface area contributed by atoms with Crippen LogP contribution in [0.3, 0.4) is 0 Å².